The molecule has 0 heterocycles. The zero-order valence-corrected chi connectivity index (χ0v) is 14.8. The molecule has 0 radical (unpaired) electrons. The summed E-state index contributed by atoms with van der Waals surface area (Å²) in [5, 5.41) is 8.05. The standard InChI is InChI=1S/C18H28N2O2S/c1-2-3-4-5-6-7-8-12-15-20-23(21,22)18(16-19)17-13-10-9-11-14-17/h9-11,13-14,18,20H,2-8,12,15H2,1H3. The lowest BCUT2D eigenvalue weighted by molar-refractivity contribution is 0.556. The van der Waals surface area contributed by atoms with Crippen LogP contribution in [0.15, 0.2) is 30.3 Å². The maximum atomic E-state index is 12.2. The highest BCUT2D eigenvalue weighted by Gasteiger charge is 2.26. The molecule has 0 aliphatic heterocycles. The molecule has 23 heavy (non-hydrogen) atoms. The molecule has 4 nitrogen and oxygen atoms in total. The molecule has 0 spiro atoms. The van der Waals surface area contributed by atoms with Crippen LogP contribution < -0.4 is 4.72 Å². The van der Waals surface area contributed by atoms with Crippen LogP contribution in [-0.4, -0.2) is 15.0 Å². The molecule has 0 fully saturated rings. The Balaban J connectivity index is 2.29. The minimum atomic E-state index is -3.64. The smallest absolute Gasteiger partial charge is 0.214 e. The van der Waals surface area contributed by atoms with Gasteiger partial charge >= 0.3 is 0 Å². The molecule has 1 atom stereocenters. The van der Waals surface area contributed by atoms with Crippen molar-refractivity contribution in [1.29, 1.82) is 5.26 Å². The SMILES string of the molecule is CCCCCCCCCCNS(=O)(=O)C(C#N)c1ccccc1. The zero-order chi connectivity index (χ0) is 17.0. The first kappa shape index (κ1) is 19.7. The number of hydrogen-bond donors (Lipinski definition) is 1. The summed E-state index contributed by atoms with van der Waals surface area (Å²) in [6.45, 7) is 2.61. The molecule has 1 unspecified atom stereocenters. The van der Waals surface area contributed by atoms with E-state index in [4.69, 9.17) is 0 Å². The van der Waals surface area contributed by atoms with E-state index in [1.807, 2.05) is 6.07 Å². The van der Waals surface area contributed by atoms with E-state index in [0.29, 0.717) is 12.1 Å². The molecule has 0 aliphatic carbocycles. The van der Waals surface area contributed by atoms with E-state index in [1.165, 1.54) is 32.1 Å². The Labute approximate surface area is 141 Å². The van der Waals surface area contributed by atoms with Gasteiger partial charge in [-0.3, -0.25) is 0 Å². The fourth-order valence-electron chi connectivity index (χ4n) is 2.51. The van der Waals surface area contributed by atoms with Crippen molar-refractivity contribution in [2.75, 3.05) is 6.54 Å². The highest BCUT2D eigenvalue weighted by Crippen LogP contribution is 2.20. The number of nitrogens with zero attached hydrogens (tertiary/aromatic N) is 1. The van der Waals surface area contributed by atoms with Crippen LogP contribution in [0.1, 0.15) is 69.1 Å². The average Bonchev–Trinajstić information content (AvgIpc) is 2.54. The summed E-state index contributed by atoms with van der Waals surface area (Å²) in [5.41, 5.74) is 0.512. The Bertz CT molecular complexity index is 564. The molecule has 1 rings (SSSR count). The summed E-state index contributed by atoms with van der Waals surface area (Å²) in [6, 6.07) is 10.5. The average molecular weight is 337 g/mol. The van der Waals surface area contributed by atoms with E-state index in [1.54, 1.807) is 30.3 Å². The van der Waals surface area contributed by atoms with Crippen LogP contribution >= 0.6 is 0 Å². The molecule has 0 aromatic heterocycles. The second-order valence-corrected chi connectivity index (χ2v) is 7.68. The Morgan fingerprint density at radius 3 is 2.13 bits per heavy atom. The third kappa shape index (κ3) is 7.62. The lowest BCUT2D eigenvalue weighted by Crippen LogP contribution is -2.29. The number of nitrogens with one attached hydrogen (secondary N) is 1. The summed E-state index contributed by atoms with van der Waals surface area (Å²) < 4.78 is 27.0. The number of hydrogen-bond acceptors (Lipinski definition) is 3. The first-order valence-corrected chi connectivity index (χ1v) is 10.1. The number of benzene rings is 1. The number of sulfonamides is 1. The normalized spacial score (nSPS) is 12.7. The van der Waals surface area contributed by atoms with Crippen LogP contribution in [0.4, 0.5) is 0 Å². The lowest BCUT2D eigenvalue weighted by atomic mass is 10.1. The van der Waals surface area contributed by atoms with E-state index >= 15 is 0 Å². The third-order valence-electron chi connectivity index (χ3n) is 3.86. The Kier molecular flexibility index (Phi) is 9.58. The first-order chi connectivity index (χ1) is 11.1. The van der Waals surface area contributed by atoms with Gasteiger partial charge in [0.15, 0.2) is 5.25 Å². The van der Waals surface area contributed by atoms with E-state index in [9.17, 15) is 13.7 Å². The second-order valence-electron chi connectivity index (χ2n) is 5.83. The van der Waals surface area contributed by atoms with E-state index in [2.05, 4.69) is 11.6 Å². The monoisotopic (exact) mass is 336 g/mol. The lowest BCUT2D eigenvalue weighted by Gasteiger charge is -2.12. The van der Waals surface area contributed by atoms with Crippen molar-refractivity contribution in [3.8, 4) is 6.07 Å². The third-order valence-corrected chi connectivity index (χ3v) is 5.47. The van der Waals surface area contributed by atoms with Crippen molar-refractivity contribution in [3.05, 3.63) is 35.9 Å². The van der Waals surface area contributed by atoms with Gasteiger partial charge in [0.2, 0.25) is 10.0 Å². The van der Waals surface area contributed by atoms with Gasteiger partial charge in [0.1, 0.15) is 0 Å². The minimum Gasteiger partial charge on any atom is -0.214 e. The summed E-state index contributed by atoms with van der Waals surface area (Å²) in [5.74, 6) is 0. The molecule has 5 heteroatoms. The zero-order valence-electron chi connectivity index (χ0n) is 14.0. The van der Waals surface area contributed by atoms with E-state index < -0.39 is 15.3 Å². The topological polar surface area (TPSA) is 70.0 Å². The molecule has 1 aromatic carbocycles. The molecule has 0 amide bonds. The molecular formula is C18H28N2O2S. The van der Waals surface area contributed by atoms with Crippen LogP contribution in [0.3, 0.4) is 0 Å². The van der Waals surface area contributed by atoms with Crippen molar-refractivity contribution in [3.63, 3.8) is 0 Å². The number of nitriles is 1. The summed E-state index contributed by atoms with van der Waals surface area (Å²) in [4.78, 5) is 0. The van der Waals surface area contributed by atoms with Crippen molar-refractivity contribution in [2.24, 2.45) is 0 Å². The van der Waals surface area contributed by atoms with Crippen LogP contribution in [-0.2, 0) is 10.0 Å². The van der Waals surface area contributed by atoms with E-state index in [-0.39, 0.29) is 0 Å². The Morgan fingerprint density at radius 1 is 1.00 bits per heavy atom. The number of rotatable bonds is 12. The maximum Gasteiger partial charge on any atom is 0.232 e. The summed E-state index contributed by atoms with van der Waals surface area (Å²) >= 11 is 0. The first-order valence-electron chi connectivity index (χ1n) is 8.55. The van der Waals surface area contributed by atoms with Crippen LogP contribution in [0.2, 0.25) is 0 Å². The quantitative estimate of drug-likeness (QED) is 0.578. The molecule has 0 aliphatic rings. The molecular weight excluding hydrogens is 308 g/mol. The van der Waals surface area contributed by atoms with Gasteiger partial charge < -0.3 is 0 Å². The van der Waals surface area contributed by atoms with Gasteiger partial charge in [-0.25, -0.2) is 13.1 Å². The Hall–Kier alpha value is -1.38. The molecule has 0 bridgehead atoms. The molecule has 128 valence electrons. The minimum absolute atomic E-state index is 0.405. The van der Waals surface area contributed by atoms with Gasteiger partial charge in [-0.1, -0.05) is 82.2 Å². The van der Waals surface area contributed by atoms with Gasteiger partial charge in [0, 0.05) is 6.54 Å². The second kappa shape index (κ2) is 11.2. The molecule has 1 N–H and O–H groups in total. The van der Waals surface area contributed by atoms with Crippen molar-refractivity contribution >= 4 is 10.0 Å². The fraction of sp³-hybridized carbons (Fsp3) is 0.611. The van der Waals surface area contributed by atoms with E-state index in [0.717, 1.165) is 19.3 Å². The van der Waals surface area contributed by atoms with Crippen molar-refractivity contribution in [1.82, 2.24) is 4.72 Å². The summed E-state index contributed by atoms with van der Waals surface area (Å²) in [7, 11) is -3.64. The van der Waals surface area contributed by atoms with Crippen LogP contribution in [0.25, 0.3) is 0 Å². The van der Waals surface area contributed by atoms with Gasteiger partial charge in [0.05, 0.1) is 6.07 Å². The molecule has 1 aromatic rings. The largest absolute Gasteiger partial charge is 0.232 e. The fourth-order valence-corrected chi connectivity index (χ4v) is 3.76. The predicted octanol–water partition coefficient (Wildman–Crippen LogP) is 4.31. The number of unbranched alkanes of at least 4 members (excludes halogenated alkanes) is 7. The molecule has 0 saturated heterocycles. The van der Waals surface area contributed by atoms with Crippen molar-refractivity contribution < 1.29 is 8.42 Å². The van der Waals surface area contributed by atoms with Crippen LogP contribution in [0.5, 0.6) is 0 Å². The molecule has 0 saturated carbocycles. The van der Waals surface area contributed by atoms with Gasteiger partial charge in [0.25, 0.3) is 0 Å². The summed E-state index contributed by atoms with van der Waals surface area (Å²) in [6.07, 6.45) is 9.33. The highest BCUT2D eigenvalue weighted by molar-refractivity contribution is 7.90. The van der Waals surface area contributed by atoms with Crippen LogP contribution in [0, 0.1) is 11.3 Å². The Morgan fingerprint density at radius 2 is 1.57 bits per heavy atom. The maximum absolute atomic E-state index is 12.2. The van der Waals surface area contributed by atoms with Gasteiger partial charge in [-0.05, 0) is 12.0 Å². The van der Waals surface area contributed by atoms with Gasteiger partial charge in [-0.2, -0.15) is 5.26 Å². The van der Waals surface area contributed by atoms with Crippen molar-refractivity contribution in [2.45, 2.75) is 63.5 Å². The predicted molar refractivity (Wildman–Crippen MR) is 94.3 cm³/mol. The highest BCUT2D eigenvalue weighted by atomic mass is 32.2. The van der Waals surface area contributed by atoms with Gasteiger partial charge in [-0.15, -0.1) is 0 Å².